The van der Waals surface area contributed by atoms with Crippen LogP contribution in [-0.2, 0) is 23.3 Å². The van der Waals surface area contributed by atoms with Crippen LogP contribution in [0.15, 0.2) is 11.4 Å². The van der Waals surface area contributed by atoms with Crippen LogP contribution in [0.4, 0.5) is 0 Å². The third kappa shape index (κ3) is 3.70. The number of carbonyl (C=O) groups excluding carboxylic acids is 1. The Kier molecular flexibility index (Phi) is 5.38. The second kappa shape index (κ2) is 7.62. The standard InChI is InChI=1S/C20H27N3O2S2/c1-13(2)18-22-15(12-26-18)11-23(3)19(24)16-10-14-4-9-25-20(17(14)27-16)5-7-21-8-6-20/h10,12-13,21H,4-9,11H2,1-3H3. The molecule has 0 bridgehead atoms. The first kappa shape index (κ1) is 19.1. The van der Waals surface area contributed by atoms with E-state index in [2.05, 4.69) is 35.6 Å². The van der Waals surface area contributed by atoms with Crippen LogP contribution in [0.25, 0.3) is 0 Å². The average molecular weight is 406 g/mol. The highest BCUT2D eigenvalue weighted by atomic mass is 32.1. The van der Waals surface area contributed by atoms with E-state index in [1.807, 2.05) is 7.05 Å². The SMILES string of the molecule is CC(C)c1nc(CN(C)C(=O)c2cc3c(s2)C2(CCNCC2)OCC3)cs1. The number of ether oxygens (including phenoxy) is 1. The van der Waals surface area contributed by atoms with Gasteiger partial charge in [-0.05, 0) is 44.0 Å². The number of rotatable bonds is 4. The highest BCUT2D eigenvalue weighted by molar-refractivity contribution is 7.14. The number of carbonyl (C=O) groups is 1. The fourth-order valence-corrected chi connectivity index (χ4v) is 6.12. The lowest BCUT2D eigenvalue weighted by Crippen LogP contribution is -2.43. The van der Waals surface area contributed by atoms with Gasteiger partial charge in [0.15, 0.2) is 0 Å². The van der Waals surface area contributed by atoms with Crippen molar-refractivity contribution in [3.8, 4) is 0 Å². The molecule has 1 fully saturated rings. The summed E-state index contributed by atoms with van der Waals surface area (Å²) in [6, 6.07) is 2.10. The van der Waals surface area contributed by atoms with Crippen molar-refractivity contribution in [1.82, 2.24) is 15.2 Å². The first-order valence-electron chi connectivity index (χ1n) is 9.66. The zero-order valence-corrected chi connectivity index (χ0v) is 17.8. The summed E-state index contributed by atoms with van der Waals surface area (Å²) in [6.45, 7) is 7.55. The molecule has 0 aromatic carbocycles. The molecular formula is C20H27N3O2S2. The Hall–Kier alpha value is -1.28. The van der Waals surface area contributed by atoms with E-state index < -0.39 is 0 Å². The van der Waals surface area contributed by atoms with Gasteiger partial charge in [0.05, 0.1) is 28.7 Å². The van der Waals surface area contributed by atoms with E-state index in [1.165, 1.54) is 10.4 Å². The fourth-order valence-electron chi connectivity index (χ4n) is 3.89. The maximum absolute atomic E-state index is 13.0. The van der Waals surface area contributed by atoms with Crippen LogP contribution in [-0.4, -0.2) is 42.5 Å². The van der Waals surface area contributed by atoms with Gasteiger partial charge in [0, 0.05) is 23.2 Å². The molecule has 7 heteroatoms. The van der Waals surface area contributed by atoms with E-state index in [1.54, 1.807) is 27.6 Å². The van der Waals surface area contributed by atoms with E-state index in [9.17, 15) is 4.79 Å². The van der Waals surface area contributed by atoms with Crippen LogP contribution in [0.2, 0.25) is 0 Å². The normalized spacial score (nSPS) is 18.7. The van der Waals surface area contributed by atoms with Gasteiger partial charge in [-0.2, -0.15) is 0 Å². The number of aromatic nitrogens is 1. The number of nitrogens with one attached hydrogen (secondary N) is 1. The number of nitrogens with zero attached hydrogens (tertiary/aromatic N) is 2. The number of thiazole rings is 1. The average Bonchev–Trinajstić information content (AvgIpc) is 3.30. The van der Waals surface area contributed by atoms with E-state index in [4.69, 9.17) is 4.74 Å². The molecular weight excluding hydrogens is 378 g/mol. The van der Waals surface area contributed by atoms with E-state index in [-0.39, 0.29) is 11.5 Å². The molecule has 2 aromatic heterocycles. The Morgan fingerprint density at radius 1 is 1.41 bits per heavy atom. The molecule has 1 spiro atoms. The molecule has 0 atom stereocenters. The molecule has 5 nitrogen and oxygen atoms in total. The van der Waals surface area contributed by atoms with Crippen LogP contribution in [0.3, 0.4) is 0 Å². The Morgan fingerprint density at radius 3 is 2.89 bits per heavy atom. The Labute approximate surface area is 168 Å². The second-order valence-corrected chi connectivity index (χ2v) is 9.74. The Balaban J connectivity index is 1.52. The summed E-state index contributed by atoms with van der Waals surface area (Å²) in [5.41, 5.74) is 2.10. The highest BCUT2D eigenvalue weighted by Gasteiger charge is 2.41. The van der Waals surface area contributed by atoms with E-state index in [0.717, 1.165) is 54.5 Å². The van der Waals surface area contributed by atoms with Crippen molar-refractivity contribution in [1.29, 1.82) is 0 Å². The summed E-state index contributed by atoms with van der Waals surface area (Å²) < 4.78 is 6.24. The third-order valence-electron chi connectivity index (χ3n) is 5.40. The van der Waals surface area contributed by atoms with Crippen molar-refractivity contribution in [2.45, 2.75) is 51.2 Å². The number of amides is 1. The van der Waals surface area contributed by atoms with E-state index in [0.29, 0.717) is 12.5 Å². The molecule has 4 heterocycles. The molecule has 0 unspecified atom stereocenters. The fraction of sp³-hybridized carbons (Fsp3) is 0.600. The zero-order valence-electron chi connectivity index (χ0n) is 16.2. The quantitative estimate of drug-likeness (QED) is 0.842. The van der Waals surface area contributed by atoms with Crippen molar-refractivity contribution in [3.05, 3.63) is 37.5 Å². The third-order valence-corrected chi connectivity index (χ3v) is 7.95. The lowest BCUT2D eigenvalue weighted by Gasteiger charge is -2.40. The summed E-state index contributed by atoms with van der Waals surface area (Å²) in [5.74, 6) is 0.507. The monoisotopic (exact) mass is 405 g/mol. The van der Waals surface area contributed by atoms with Crippen molar-refractivity contribution >= 4 is 28.6 Å². The Morgan fingerprint density at radius 2 is 2.19 bits per heavy atom. The number of fused-ring (bicyclic) bond motifs is 2. The van der Waals surface area contributed by atoms with Gasteiger partial charge >= 0.3 is 0 Å². The van der Waals surface area contributed by atoms with Crippen molar-refractivity contribution < 1.29 is 9.53 Å². The van der Waals surface area contributed by atoms with Crippen LogP contribution in [0.1, 0.15) is 63.4 Å². The van der Waals surface area contributed by atoms with Gasteiger partial charge < -0.3 is 15.0 Å². The summed E-state index contributed by atoms with van der Waals surface area (Å²) >= 11 is 3.31. The lowest BCUT2D eigenvalue weighted by molar-refractivity contribution is -0.0771. The maximum Gasteiger partial charge on any atom is 0.264 e. The first-order chi connectivity index (χ1) is 13.0. The van der Waals surface area contributed by atoms with Gasteiger partial charge in [0.25, 0.3) is 5.91 Å². The largest absolute Gasteiger partial charge is 0.369 e. The van der Waals surface area contributed by atoms with E-state index >= 15 is 0 Å². The highest BCUT2D eigenvalue weighted by Crippen LogP contribution is 2.44. The number of thiophene rings is 1. The molecule has 1 amide bonds. The van der Waals surface area contributed by atoms with Crippen LogP contribution in [0, 0.1) is 0 Å². The van der Waals surface area contributed by atoms with Crippen LogP contribution < -0.4 is 5.32 Å². The number of hydrogen-bond acceptors (Lipinski definition) is 6. The Bertz CT molecular complexity index is 821. The molecule has 0 saturated carbocycles. The van der Waals surface area contributed by atoms with Crippen molar-refractivity contribution in [2.75, 3.05) is 26.7 Å². The van der Waals surface area contributed by atoms with Crippen LogP contribution in [0.5, 0.6) is 0 Å². The first-order valence-corrected chi connectivity index (χ1v) is 11.4. The molecule has 0 aliphatic carbocycles. The molecule has 2 aliphatic rings. The molecule has 27 heavy (non-hydrogen) atoms. The minimum Gasteiger partial charge on any atom is -0.369 e. The molecule has 146 valence electrons. The topological polar surface area (TPSA) is 54.5 Å². The summed E-state index contributed by atoms with van der Waals surface area (Å²) in [4.78, 5) is 21.6. The van der Waals surface area contributed by atoms with Gasteiger partial charge in [0.1, 0.15) is 5.60 Å². The zero-order chi connectivity index (χ0) is 19.0. The molecule has 1 N–H and O–H groups in total. The minimum atomic E-state index is -0.179. The van der Waals surface area contributed by atoms with Gasteiger partial charge in [0.2, 0.25) is 0 Å². The smallest absolute Gasteiger partial charge is 0.264 e. The molecule has 2 aromatic rings. The predicted molar refractivity (Wildman–Crippen MR) is 110 cm³/mol. The minimum absolute atomic E-state index is 0.0811. The summed E-state index contributed by atoms with van der Waals surface area (Å²) in [6.07, 6.45) is 2.88. The van der Waals surface area contributed by atoms with Gasteiger partial charge in [-0.1, -0.05) is 13.8 Å². The molecule has 0 radical (unpaired) electrons. The molecule has 2 aliphatic heterocycles. The summed E-state index contributed by atoms with van der Waals surface area (Å²) in [5, 5.41) is 6.61. The maximum atomic E-state index is 13.0. The van der Waals surface area contributed by atoms with Gasteiger partial charge in [-0.25, -0.2) is 4.98 Å². The van der Waals surface area contributed by atoms with Gasteiger partial charge in [-0.3, -0.25) is 4.79 Å². The van der Waals surface area contributed by atoms with Crippen LogP contribution >= 0.6 is 22.7 Å². The lowest BCUT2D eigenvalue weighted by atomic mass is 9.86. The van der Waals surface area contributed by atoms with Crippen molar-refractivity contribution in [3.63, 3.8) is 0 Å². The van der Waals surface area contributed by atoms with Crippen molar-refractivity contribution in [2.24, 2.45) is 0 Å². The predicted octanol–water partition coefficient (Wildman–Crippen LogP) is 3.75. The number of hydrogen-bond donors (Lipinski definition) is 1. The summed E-state index contributed by atoms with van der Waals surface area (Å²) in [7, 11) is 1.87. The number of piperidine rings is 1. The molecule has 1 saturated heterocycles. The second-order valence-electron chi connectivity index (χ2n) is 7.80. The van der Waals surface area contributed by atoms with Gasteiger partial charge in [-0.15, -0.1) is 22.7 Å². The molecule has 4 rings (SSSR count).